The Morgan fingerprint density at radius 3 is 2.42 bits per heavy atom. The summed E-state index contributed by atoms with van der Waals surface area (Å²) in [5, 5.41) is 0. The summed E-state index contributed by atoms with van der Waals surface area (Å²) >= 11 is 0. The summed E-state index contributed by atoms with van der Waals surface area (Å²) in [7, 11) is -4.05. The Bertz CT molecular complexity index is 283. The lowest BCUT2D eigenvalue weighted by Crippen LogP contribution is -2.01. The number of hydrogen-bond donors (Lipinski definition) is 2. The van der Waals surface area contributed by atoms with Crippen molar-refractivity contribution >= 4 is 7.75 Å². The lowest BCUT2D eigenvalue weighted by molar-refractivity contribution is -0.109. The number of benzene rings is 1. The highest BCUT2D eigenvalue weighted by molar-refractivity contribution is 7.49. The van der Waals surface area contributed by atoms with Crippen LogP contribution in [-0.4, -0.2) is 4.89 Å². The van der Waals surface area contributed by atoms with Gasteiger partial charge in [-0.05, 0) is 12.1 Å². The number of para-hydroxylation sites is 1. The van der Waals surface area contributed by atoms with Crippen molar-refractivity contribution in [2.75, 3.05) is 0 Å². The second-order valence-electron chi connectivity index (χ2n) is 2.04. The molecule has 0 amide bonds. The van der Waals surface area contributed by atoms with Crippen LogP contribution in [0.15, 0.2) is 30.3 Å². The van der Waals surface area contributed by atoms with Crippen molar-refractivity contribution in [3.8, 4) is 5.75 Å². The van der Waals surface area contributed by atoms with E-state index >= 15 is 0 Å². The highest BCUT2D eigenvalue weighted by Crippen LogP contribution is 2.31. The first kappa shape index (κ1) is 9.22. The van der Waals surface area contributed by atoms with Gasteiger partial charge >= 0.3 is 7.75 Å². The Balaban J connectivity index is 2.50. The second-order valence-corrected chi connectivity index (χ2v) is 3.31. The van der Waals surface area contributed by atoms with Gasteiger partial charge in [-0.3, -0.25) is 0 Å². The first-order chi connectivity index (χ1) is 5.58. The van der Waals surface area contributed by atoms with Gasteiger partial charge in [-0.1, -0.05) is 22.9 Å². The van der Waals surface area contributed by atoms with E-state index in [-0.39, 0.29) is 0 Å². The minimum Gasteiger partial charge on any atom is -0.328 e. The first-order valence-corrected chi connectivity index (χ1v) is 4.75. The van der Waals surface area contributed by atoms with Crippen molar-refractivity contribution in [3.63, 3.8) is 0 Å². The zero-order chi connectivity index (χ0) is 9.03. The van der Waals surface area contributed by atoms with Gasteiger partial charge in [-0.2, -0.15) is 0 Å². The quantitative estimate of drug-likeness (QED) is 0.422. The molecule has 0 aliphatic rings. The van der Waals surface area contributed by atoms with Gasteiger partial charge in [-0.15, -0.1) is 0 Å². The maximum atomic E-state index is 10.4. The molecule has 5 nitrogen and oxygen atoms in total. The monoisotopic (exact) mass is 189 g/mol. The summed E-state index contributed by atoms with van der Waals surface area (Å²) in [5.74, 6) is 0.317. The molecule has 1 unspecified atom stereocenters. The summed E-state index contributed by atoms with van der Waals surface area (Å²) in [4.78, 5) is 12.9. The fraction of sp³-hybridized carbons (Fsp3) is 0. The Kier molecular flexibility index (Phi) is 2.83. The van der Waals surface area contributed by atoms with Crippen molar-refractivity contribution in [2.45, 2.75) is 0 Å². The molecule has 1 atom stereocenters. The van der Waals surface area contributed by atoms with Gasteiger partial charge in [0.1, 0.15) is 0 Å². The molecule has 0 bridgehead atoms. The SMILES string of the molecule is NP(=O)(O)OOc1ccccc1. The van der Waals surface area contributed by atoms with Gasteiger partial charge in [0.05, 0.1) is 0 Å². The van der Waals surface area contributed by atoms with E-state index in [1.807, 2.05) is 0 Å². The largest absolute Gasteiger partial charge is 0.436 e. The molecule has 1 aromatic rings. The lowest BCUT2D eigenvalue weighted by atomic mass is 10.3. The van der Waals surface area contributed by atoms with E-state index < -0.39 is 7.75 Å². The molecule has 0 saturated carbocycles. The molecule has 0 aromatic heterocycles. The Labute approximate surface area is 69.2 Å². The van der Waals surface area contributed by atoms with Crippen LogP contribution in [0.2, 0.25) is 0 Å². The van der Waals surface area contributed by atoms with Gasteiger partial charge in [0.15, 0.2) is 5.75 Å². The van der Waals surface area contributed by atoms with Crippen LogP contribution >= 0.6 is 7.75 Å². The summed E-state index contributed by atoms with van der Waals surface area (Å²) in [6.45, 7) is 0. The molecule has 0 heterocycles. The zero-order valence-electron chi connectivity index (χ0n) is 6.08. The average Bonchev–Trinajstić information content (AvgIpc) is 2.02. The third-order valence-corrected chi connectivity index (χ3v) is 1.27. The van der Waals surface area contributed by atoms with Crippen molar-refractivity contribution < 1.29 is 19.0 Å². The number of rotatable bonds is 3. The van der Waals surface area contributed by atoms with Crippen molar-refractivity contribution in [2.24, 2.45) is 5.50 Å². The maximum absolute atomic E-state index is 10.4. The molecule has 66 valence electrons. The Hall–Kier alpha value is -0.870. The van der Waals surface area contributed by atoms with Crippen LogP contribution in [0.4, 0.5) is 0 Å². The van der Waals surface area contributed by atoms with Gasteiger partial charge in [0.2, 0.25) is 0 Å². The molecule has 0 saturated heterocycles. The molecule has 0 aliphatic carbocycles. The van der Waals surface area contributed by atoms with Crippen molar-refractivity contribution in [1.82, 2.24) is 0 Å². The van der Waals surface area contributed by atoms with E-state index in [1.54, 1.807) is 30.3 Å². The Morgan fingerprint density at radius 2 is 1.92 bits per heavy atom. The summed E-state index contributed by atoms with van der Waals surface area (Å²) in [5.41, 5.74) is 4.65. The molecule has 1 aromatic carbocycles. The Morgan fingerprint density at radius 1 is 1.33 bits per heavy atom. The topological polar surface area (TPSA) is 81.8 Å². The summed E-state index contributed by atoms with van der Waals surface area (Å²) < 4.78 is 14.4. The van der Waals surface area contributed by atoms with Crippen LogP contribution < -0.4 is 10.4 Å². The predicted octanol–water partition coefficient (Wildman–Crippen LogP) is 1.06. The fourth-order valence-corrected chi connectivity index (χ4v) is 0.765. The van der Waals surface area contributed by atoms with E-state index in [1.165, 1.54) is 0 Å². The van der Waals surface area contributed by atoms with Crippen molar-refractivity contribution in [1.29, 1.82) is 0 Å². The van der Waals surface area contributed by atoms with Crippen LogP contribution in [0.25, 0.3) is 0 Å². The highest BCUT2D eigenvalue weighted by Gasteiger charge is 2.12. The summed E-state index contributed by atoms with van der Waals surface area (Å²) in [6.07, 6.45) is 0. The van der Waals surface area contributed by atoms with Gasteiger partial charge < -0.3 is 9.78 Å². The second kappa shape index (κ2) is 3.69. The molecule has 1 rings (SSSR count). The average molecular weight is 189 g/mol. The smallest absolute Gasteiger partial charge is 0.328 e. The van der Waals surface area contributed by atoms with Crippen LogP contribution in [0, 0.1) is 0 Å². The molecule has 0 spiro atoms. The van der Waals surface area contributed by atoms with E-state index in [2.05, 4.69) is 15.1 Å². The zero-order valence-corrected chi connectivity index (χ0v) is 6.98. The lowest BCUT2D eigenvalue weighted by Gasteiger charge is -2.04. The predicted molar refractivity (Wildman–Crippen MR) is 42.2 cm³/mol. The van der Waals surface area contributed by atoms with Gasteiger partial charge in [-0.25, -0.2) is 10.1 Å². The van der Waals surface area contributed by atoms with Crippen LogP contribution in [-0.2, 0) is 9.24 Å². The standard InChI is InChI=1S/C6H8NO4P/c7-12(8,9)11-10-6-4-2-1-3-5-6/h1-5H,(H3,7,8,9). The van der Waals surface area contributed by atoms with Crippen molar-refractivity contribution in [3.05, 3.63) is 30.3 Å². The molecule has 3 N–H and O–H groups in total. The first-order valence-electron chi connectivity index (χ1n) is 3.10. The van der Waals surface area contributed by atoms with E-state index in [0.717, 1.165) is 0 Å². The molecular weight excluding hydrogens is 181 g/mol. The normalized spacial score (nSPS) is 15.2. The van der Waals surface area contributed by atoms with Crippen LogP contribution in [0.5, 0.6) is 5.75 Å². The molecule has 0 radical (unpaired) electrons. The van der Waals surface area contributed by atoms with Gasteiger partial charge in [0, 0.05) is 0 Å². The highest BCUT2D eigenvalue weighted by atomic mass is 31.2. The molecular formula is C6H8NO4P. The van der Waals surface area contributed by atoms with Crippen LogP contribution in [0.1, 0.15) is 0 Å². The van der Waals surface area contributed by atoms with Gasteiger partial charge in [0.25, 0.3) is 0 Å². The number of hydrogen-bond acceptors (Lipinski definition) is 3. The minimum atomic E-state index is -4.05. The molecule has 0 fully saturated rings. The maximum Gasteiger partial charge on any atom is 0.436 e. The third-order valence-electron chi connectivity index (χ3n) is 0.983. The minimum absolute atomic E-state index is 0.317. The summed E-state index contributed by atoms with van der Waals surface area (Å²) in [6, 6.07) is 8.29. The molecule has 0 aliphatic heterocycles. The van der Waals surface area contributed by atoms with E-state index in [4.69, 9.17) is 4.89 Å². The molecule has 12 heavy (non-hydrogen) atoms. The third kappa shape index (κ3) is 3.50. The van der Waals surface area contributed by atoms with E-state index in [9.17, 15) is 4.57 Å². The van der Waals surface area contributed by atoms with Crippen LogP contribution in [0.3, 0.4) is 0 Å². The number of nitrogens with two attached hydrogens (primary N) is 1. The van der Waals surface area contributed by atoms with E-state index in [0.29, 0.717) is 5.75 Å². The fourth-order valence-electron chi connectivity index (χ4n) is 0.572. The molecule has 6 heteroatoms.